The Kier molecular flexibility index (Phi) is 15.8. The number of carbonyl (C=O) groups excluding carboxylic acids is 1. The van der Waals surface area contributed by atoms with E-state index in [1.807, 2.05) is 6.92 Å². The van der Waals surface area contributed by atoms with E-state index >= 15 is 0 Å². The molecule has 0 aromatic heterocycles. The highest BCUT2D eigenvalue weighted by Crippen LogP contribution is 2.40. The van der Waals surface area contributed by atoms with Crippen LogP contribution in [0.2, 0.25) is 0 Å². The maximum atomic E-state index is 12.6. The largest absolute Gasteiger partial charge is 0.481 e. The van der Waals surface area contributed by atoms with Crippen LogP contribution in [0.4, 0.5) is 0 Å². The third-order valence-corrected chi connectivity index (χ3v) is 10.0. The molecular weight excluding hydrogens is 580 g/mol. The van der Waals surface area contributed by atoms with Gasteiger partial charge in [-0.15, -0.1) is 0 Å². The summed E-state index contributed by atoms with van der Waals surface area (Å²) in [6.45, 7) is 4.25. The number of hydrogen-bond donors (Lipinski definition) is 1. The van der Waals surface area contributed by atoms with Gasteiger partial charge in [-0.3, -0.25) is 9.59 Å². The number of esters is 1. The molecule has 4 nitrogen and oxygen atoms in total. The number of aryl methyl sites for hydroxylation is 1. The number of ether oxygens (including phenoxy) is 1. The van der Waals surface area contributed by atoms with Gasteiger partial charge in [0.15, 0.2) is 0 Å². The molecule has 4 aromatic rings. The standard InChI is InChI=1S/C43H60O4/c1-3-5-6-7-8-9-10-11-12-13-14-15-16-17-18-19-22-33-25-26-34-27-28-35-29-30-37(38-32-31-36(33)42(34)43(35)38)39(23-20-24-40(44)45)47-41(46)21-4-2/h25-32,39H,3-24H2,1-2H3,(H,44,45). The lowest BCUT2D eigenvalue weighted by Gasteiger charge is -2.22. The van der Waals surface area contributed by atoms with Gasteiger partial charge >= 0.3 is 11.9 Å². The van der Waals surface area contributed by atoms with E-state index in [-0.39, 0.29) is 12.4 Å². The molecule has 0 spiro atoms. The molecule has 0 saturated carbocycles. The second-order valence-electron chi connectivity index (χ2n) is 13.9. The predicted molar refractivity (Wildman–Crippen MR) is 199 cm³/mol. The molecule has 256 valence electrons. The molecule has 0 aliphatic rings. The summed E-state index contributed by atoms with van der Waals surface area (Å²) in [5, 5.41) is 16.6. The van der Waals surface area contributed by atoms with E-state index in [9.17, 15) is 14.7 Å². The number of carboxylic acid groups (broad SMARTS) is 1. The van der Waals surface area contributed by atoms with Crippen molar-refractivity contribution >= 4 is 44.3 Å². The molecule has 4 heteroatoms. The summed E-state index contributed by atoms with van der Waals surface area (Å²) in [4.78, 5) is 23.8. The van der Waals surface area contributed by atoms with E-state index in [4.69, 9.17) is 4.74 Å². The first-order valence-electron chi connectivity index (χ1n) is 19.1. The summed E-state index contributed by atoms with van der Waals surface area (Å²) in [5.74, 6) is -1.05. The van der Waals surface area contributed by atoms with Gasteiger partial charge in [-0.25, -0.2) is 0 Å². The highest BCUT2D eigenvalue weighted by molar-refractivity contribution is 6.24. The van der Waals surface area contributed by atoms with Crippen molar-refractivity contribution in [1.29, 1.82) is 0 Å². The fraction of sp³-hybridized carbons (Fsp3) is 0.581. The van der Waals surface area contributed by atoms with Gasteiger partial charge in [-0.2, -0.15) is 0 Å². The Labute approximate surface area is 284 Å². The third-order valence-electron chi connectivity index (χ3n) is 10.0. The second-order valence-corrected chi connectivity index (χ2v) is 13.9. The number of aliphatic carboxylic acids is 1. The van der Waals surface area contributed by atoms with E-state index < -0.39 is 12.1 Å². The molecule has 4 aromatic carbocycles. The molecule has 0 aliphatic carbocycles. The van der Waals surface area contributed by atoms with Crippen molar-refractivity contribution in [2.75, 3.05) is 0 Å². The van der Waals surface area contributed by atoms with E-state index in [1.54, 1.807) is 0 Å². The highest BCUT2D eigenvalue weighted by Gasteiger charge is 2.22. The maximum Gasteiger partial charge on any atom is 0.306 e. The fourth-order valence-electron chi connectivity index (χ4n) is 7.38. The van der Waals surface area contributed by atoms with Crippen LogP contribution >= 0.6 is 0 Å². The van der Waals surface area contributed by atoms with Gasteiger partial charge in [0.2, 0.25) is 0 Å². The van der Waals surface area contributed by atoms with E-state index in [0.717, 1.165) is 23.8 Å². The van der Waals surface area contributed by atoms with Crippen LogP contribution in [0.25, 0.3) is 32.3 Å². The molecule has 1 N–H and O–H groups in total. The van der Waals surface area contributed by atoms with Crippen LogP contribution in [-0.2, 0) is 20.7 Å². The first-order chi connectivity index (χ1) is 23.0. The van der Waals surface area contributed by atoms with Crippen LogP contribution in [0.15, 0.2) is 48.5 Å². The SMILES string of the molecule is CCCCCCCCCCCCCCCCCCc1ccc2ccc3ccc(C(CCCC(=O)O)OC(=O)CCC)c4ccc1c2c34. The van der Waals surface area contributed by atoms with Gasteiger partial charge in [-0.05, 0) is 70.0 Å². The first-order valence-corrected chi connectivity index (χ1v) is 19.1. The minimum Gasteiger partial charge on any atom is -0.481 e. The number of rotatable bonds is 25. The van der Waals surface area contributed by atoms with E-state index in [0.29, 0.717) is 19.3 Å². The number of carboxylic acids is 1. The lowest BCUT2D eigenvalue weighted by molar-refractivity contribution is -0.149. The Morgan fingerprint density at radius 3 is 1.66 bits per heavy atom. The Morgan fingerprint density at radius 1 is 0.574 bits per heavy atom. The van der Waals surface area contributed by atoms with Crippen LogP contribution < -0.4 is 0 Å². The normalized spacial score (nSPS) is 12.4. The lowest BCUT2D eigenvalue weighted by atomic mass is 9.87. The van der Waals surface area contributed by atoms with Crippen LogP contribution in [0.1, 0.15) is 166 Å². The number of unbranched alkanes of at least 4 members (excludes halogenated alkanes) is 15. The summed E-state index contributed by atoms with van der Waals surface area (Å²) in [5.41, 5.74) is 2.39. The third kappa shape index (κ3) is 11.2. The molecule has 1 unspecified atom stereocenters. The van der Waals surface area contributed by atoms with Crippen molar-refractivity contribution in [3.63, 3.8) is 0 Å². The summed E-state index contributed by atoms with van der Waals surface area (Å²) in [6, 6.07) is 17.7. The summed E-state index contributed by atoms with van der Waals surface area (Å²) < 4.78 is 5.98. The van der Waals surface area contributed by atoms with Gasteiger partial charge < -0.3 is 9.84 Å². The molecule has 0 aliphatic heterocycles. The van der Waals surface area contributed by atoms with Gasteiger partial charge in [0, 0.05) is 18.4 Å². The first kappa shape index (κ1) is 36.7. The maximum absolute atomic E-state index is 12.6. The predicted octanol–water partition coefficient (Wildman–Crippen LogP) is 13.0. The zero-order valence-corrected chi connectivity index (χ0v) is 29.4. The van der Waals surface area contributed by atoms with Gasteiger partial charge in [-0.1, -0.05) is 159 Å². The summed E-state index contributed by atoms with van der Waals surface area (Å²) >= 11 is 0. The van der Waals surface area contributed by atoms with Crippen molar-refractivity contribution < 1.29 is 19.4 Å². The number of carbonyl (C=O) groups is 2. The van der Waals surface area contributed by atoms with Gasteiger partial charge in [0.1, 0.15) is 6.10 Å². The minimum atomic E-state index is -0.823. The Bertz CT molecular complexity index is 1500. The van der Waals surface area contributed by atoms with Crippen molar-refractivity contribution in [3.8, 4) is 0 Å². The number of hydrogen-bond acceptors (Lipinski definition) is 3. The lowest BCUT2D eigenvalue weighted by Crippen LogP contribution is -2.12. The molecule has 1 atom stereocenters. The van der Waals surface area contributed by atoms with Crippen LogP contribution in [0.3, 0.4) is 0 Å². The smallest absolute Gasteiger partial charge is 0.306 e. The van der Waals surface area contributed by atoms with Crippen molar-refractivity contribution in [2.24, 2.45) is 0 Å². The molecule has 0 amide bonds. The average Bonchev–Trinajstić information content (AvgIpc) is 3.07. The Balaban J connectivity index is 1.31. The average molecular weight is 641 g/mol. The molecular formula is C43H60O4. The van der Waals surface area contributed by atoms with Gasteiger partial charge in [0.05, 0.1) is 0 Å². The van der Waals surface area contributed by atoms with Gasteiger partial charge in [0.25, 0.3) is 0 Å². The highest BCUT2D eigenvalue weighted by atomic mass is 16.5. The minimum absolute atomic E-state index is 0.0659. The molecule has 0 fully saturated rings. The van der Waals surface area contributed by atoms with Crippen LogP contribution in [0.5, 0.6) is 0 Å². The summed E-state index contributed by atoms with van der Waals surface area (Å²) in [7, 11) is 0. The molecule has 47 heavy (non-hydrogen) atoms. The molecule has 0 radical (unpaired) electrons. The van der Waals surface area contributed by atoms with E-state index in [2.05, 4.69) is 55.5 Å². The zero-order chi connectivity index (χ0) is 33.3. The molecule has 0 heterocycles. The van der Waals surface area contributed by atoms with Crippen LogP contribution in [0, 0.1) is 0 Å². The number of benzene rings is 4. The monoisotopic (exact) mass is 640 g/mol. The molecule has 0 saturated heterocycles. The fourth-order valence-corrected chi connectivity index (χ4v) is 7.38. The Hall–Kier alpha value is -3.14. The topological polar surface area (TPSA) is 63.6 Å². The van der Waals surface area contributed by atoms with Crippen molar-refractivity contribution in [3.05, 3.63) is 59.7 Å². The van der Waals surface area contributed by atoms with Crippen LogP contribution in [-0.4, -0.2) is 17.0 Å². The molecule has 4 rings (SSSR count). The zero-order valence-electron chi connectivity index (χ0n) is 29.4. The quantitative estimate of drug-likeness (QED) is 0.0445. The van der Waals surface area contributed by atoms with Crippen molar-refractivity contribution in [1.82, 2.24) is 0 Å². The van der Waals surface area contributed by atoms with Crippen molar-refractivity contribution in [2.45, 2.75) is 161 Å². The second kappa shape index (κ2) is 20.3. The molecule has 0 bridgehead atoms. The van der Waals surface area contributed by atoms with E-state index in [1.165, 1.54) is 135 Å². The summed E-state index contributed by atoms with van der Waals surface area (Å²) in [6.07, 6.45) is 24.9. The Morgan fingerprint density at radius 2 is 1.09 bits per heavy atom.